The van der Waals surface area contributed by atoms with Gasteiger partial charge in [0.1, 0.15) is 5.75 Å². The second-order valence-corrected chi connectivity index (χ2v) is 5.59. The Hall–Kier alpha value is -2.07. The van der Waals surface area contributed by atoms with Gasteiger partial charge in [0.25, 0.3) is 5.56 Å². The molecule has 2 N–H and O–H groups in total. The van der Waals surface area contributed by atoms with Crippen molar-refractivity contribution < 1.29 is 4.74 Å². The monoisotopic (exact) mass is 300 g/mol. The van der Waals surface area contributed by atoms with Gasteiger partial charge in [0, 0.05) is 17.8 Å². The molecule has 0 radical (unpaired) electrons. The fourth-order valence-electron chi connectivity index (χ4n) is 2.80. The fraction of sp³-hybridized carbons (Fsp3) is 0.389. The number of hydrogen-bond donors (Lipinski definition) is 1. The van der Waals surface area contributed by atoms with Gasteiger partial charge in [0.15, 0.2) is 0 Å². The zero-order valence-electron chi connectivity index (χ0n) is 13.7. The van der Waals surface area contributed by atoms with E-state index in [0.717, 1.165) is 29.0 Å². The van der Waals surface area contributed by atoms with E-state index >= 15 is 0 Å². The van der Waals surface area contributed by atoms with Gasteiger partial charge in [-0.2, -0.15) is 0 Å². The van der Waals surface area contributed by atoms with Crippen molar-refractivity contribution in [3.63, 3.8) is 0 Å². The lowest BCUT2D eigenvalue weighted by Gasteiger charge is -2.19. The Kier molecular flexibility index (Phi) is 5.03. The normalized spacial score (nSPS) is 12.2. The summed E-state index contributed by atoms with van der Waals surface area (Å²) in [5, 5.41) is 0. The van der Waals surface area contributed by atoms with Crippen molar-refractivity contribution in [2.45, 2.75) is 39.8 Å². The number of aryl methyl sites for hydroxylation is 2. The third kappa shape index (κ3) is 3.07. The minimum atomic E-state index is -0.429. The minimum absolute atomic E-state index is 0.0164. The van der Waals surface area contributed by atoms with Gasteiger partial charge < -0.3 is 15.0 Å². The number of methoxy groups -OCH3 is 1. The van der Waals surface area contributed by atoms with E-state index in [1.165, 1.54) is 0 Å². The van der Waals surface area contributed by atoms with Crippen LogP contribution in [0.2, 0.25) is 0 Å². The van der Waals surface area contributed by atoms with E-state index in [9.17, 15) is 4.79 Å². The summed E-state index contributed by atoms with van der Waals surface area (Å²) in [7, 11) is 1.63. The molecule has 1 aromatic heterocycles. The van der Waals surface area contributed by atoms with Crippen LogP contribution < -0.4 is 16.0 Å². The lowest BCUT2D eigenvalue weighted by Crippen LogP contribution is -2.31. The molecular weight excluding hydrogens is 276 g/mol. The molecule has 0 bridgehead atoms. The highest BCUT2D eigenvalue weighted by Gasteiger charge is 2.18. The van der Waals surface area contributed by atoms with Gasteiger partial charge in [-0.25, -0.2) is 0 Å². The van der Waals surface area contributed by atoms with Gasteiger partial charge in [-0.1, -0.05) is 19.1 Å². The summed E-state index contributed by atoms with van der Waals surface area (Å²) in [6, 6.07) is 9.16. The number of hydrogen-bond acceptors (Lipinski definition) is 3. The van der Waals surface area contributed by atoms with Crippen LogP contribution >= 0.6 is 0 Å². The SMILES string of the molecule is CCCn1c(C)cc(C)c(C(N)c2ccc(OC)cc2)c1=O. The molecule has 1 unspecified atom stereocenters. The molecule has 1 atom stereocenters. The van der Waals surface area contributed by atoms with Crippen LogP contribution in [-0.2, 0) is 6.54 Å². The second kappa shape index (κ2) is 6.79. The van der Waals surface area contributed by atoms with E-state index in [2.05, 4.69) is 6.92 Å². The van der Waals surface area contributed by atoms with Gasteiger partial charge in [-0.15, -0.1) is 0 Å². The van der Waals surface area contributed by atoms with Gasteiger partial charge in [0.05, 0.1) is 13.2 Å². The number of nitrogens with zero attached hydrogens (tertiary/aromatic N) is 1. The molecular formula is C18H24N2O2. The maximum absolute atomic E-state index is 12.8. The number of pyridine rings is 1. The van der Waals surface area contributed by atoms with Crippen LogP contribution in [-0.4, -0.2) is 11.7 Å². The summed E-state index contributed by atoms with van der Waals surface area (Å²) in [5.41, 5.74) is 9.89. The van der Waals surface area contributed by atoms with Crippen molar-refractivity contribution in [1.82, 2.24) is 4.57 Å². The molecule has 0 aliphatic carbocycles. The molecule has 2 aromatic rings. The zero-order chi connectivity index (χ0) is 16.3. The molecule has 1 heterocycles. The Morgan fingerprint density at radius 1 is 1.23 bits per heavy atom. The van der Waals surface area contributed by atoms with Crippen LogP contribution in [0.15, 0.2) is 35.1 Å². The Labute approximate surface area is 131 Å². The van der Waals surface area contributed by atoms with E-state index in [4.69, 9.17) is 10.5 Å². The number of benzene rings is 1. The quantitative estimate of drug-likeness (QED) is 0.923. The third-order valence-electron chi connectivity index (χ3n) is 3.98. The van der Waals surface area contributed by atoms with Gasteiger partial charge >= 0.3 is 0 Å². The summed E-state index contributed by atoms with van der Waals surface area (Å²) in [6.07, 6.45) is 0.918. The highest BCUT2D eigenvalue weighted by Crippen LogP contribution is 2.22. The molecule has 0 saturated carbocycles. The number of aromatic nitrogens is 1. The summed E-state index contributed by atoms with van der Waals surface area (Å²) in [6.45, 7) is 6.69. The third-order valence-corrected chi connectivity index (χ3v) is 3.98. The van der Waals surface area contributed by atoms with Gasteiger partial charge in [-0.05, 0) is 49.6 Å². The molecule has 0 spiro atoms. The Morgan fingerprint density at radius 2 is 1.86 bits per heavy atom. The highest BCUT2D eigenvalue weighted by atomic mass is 16.5. The lowest BCUT2D eigenvalue weighted by atomic mass is 9.96. The molecule has 22 heavy (non-hydrogen) atoms. The Morgan fingerprint density at radius 3 is 2.41 bits per heavy atom. The van der Waals surface area contributed by atoms with Crippen LogP contribution in [0.3, 0.4) is 0 Å². The molecule has 118 valence electrons. The van der Waals surface area contributed by atoms with E-state index in [1.807, 2.05) is 48.7 Å². The van der Waals surface area contributed by atoms with Crippen molar-refractivity contribution in [2.24, 2.45) is 5.73 Å². The first-order valence-corrected chi connectivity index (χ1v) is 7.60. The average molecular weight is 300 g/mol. The van der Waals surface area contributed by atoms with Crippen LogP contribution in [0, 0.1) is 13.8 Å². The van der Waals surface area contributed by atoms with Crippen molar-refractivity contribution in [3.05, 3.63) is 63.1 Å². The van der Waals surface area contributed by atoms with E-state index in [1.54, 1.807) is 7.11 Å². The maximum atomic E-state index is 12.8. The predicted octanol–water partition coefficient (Wildman–Crippen LogP) is 2.93. The Balaban J connectivity index is 2.50. The maximum Gasteiger partial charge on any atom is 0.256 e. The predicted molar refractivity (Wildman–Crippen MR) is 89.5 cm³/mol. The number of nitrogens with two attached hydrogens (primary N) is 1. The summed E-state index contributed by atoms with van der Waals surface area (Å²) < 4.78 is 6.97. The standard InChI is InChI=1S/C18H24N2O2/c1-5-10-20-13(3)11-12(2)16(18(20)21)17(19)14-6-8-15(22-4)9-7-14/h6-9,11,17H,5,10,19H2,1-4H3. The molecule has 2 rings (SSSR count). The lowest BCUT2D eigenvalue weighted by molar-refractivity contribution is 0.414. The first-order valence-electron chi connectivity index (χ1n) is 7.60. The summed E-state index contributed by atoms with van der Waals surface area (Å²) >= 11 is 0. The van der Waals surface area contributed by atoms with Crippen molar-refractivity contribution in [2.75, 3.05) is 7.11 Å². The van der Waals surface area contributed by atoms with Gasteiger partial charge in [0.2, 0.25) is 0 Å². The molecule has 0 aliphatic rings. The smallest absolute Gasteiger partial charge is 0.256 e. The highest BCUT2D eigenvalue weighted by molar-refractivity contribution is 5.38. The number of ether oxygens (including phenoxy) is 1. The molecule has 0 saturated heterocycles. The minimum Gasteiger partial charge on any atom is -0.497 e. The molecule has 0 amide bonds. The van der Waals surface area contributed by atoms with Crippen molar-refractivity contribution in [3.8, 4) is 5.75 Å². The average Bonchev–Trinajstić information content (AvgIpc) is 2.51. The largest absolute Gasteiger partial charge is 0.497 e. The number of rotatable bonds is 5. The zero-order valence-corrected chi connectivity index (χ0v) is 13.7. The van der Waals surface area contributed by atoms with Gasteiger partial charge in [-0.3, -0.25) is 4.79 Å². The molecule has 4 nitrogen and oxygen atoms in total. The van der Waals surface area contributed by atoms with Crippen LogP contribution in [0.25, 0.3) is 0 Å². The van der Waals surface area contributed by atoms with E-state index < -0.39 is 6.04 Å². The molecule has 0 aliphatic heterocycles. The fourth-order valence-corrected chi connectivity index (χ4v) is 2.80. The summed E-state index contributed by atoms with van der Waals surface area (Å²) in [4.78, 5) is 12.8. The summed E-state index contributed by atoms with van der Waals surface area (Å²) in [5.74, 6) is 0.778. The van der Waals surface area contributed by atoms with Crippen molar-refractivity contribution >= 4 is 0 Å². The van der Waals surface area contributed by atoms with Crippen LogP contribution in [0.4, 0.5) is 0 Å². The second-order valence-electron chi connectivity index (χ2n) is 5.59. The van der Waals surface area contributed by atoms with Crippen molar-refractivity contribution in [1.29, 1.82) is 0 Å². The van der Waals surface area contributed by atoms with E-state index in [-0.39, 0.29) is 5.56 Å². The van der Waals surface area contributed by atoms with Crippen LogP contribution in [0.1, 0.15) is 41.8 Å². The van der Waals surface area contributed by atoms with E-state index in [0.29, 0.717) is 12.1 Å². The first kappa shape index (κ1) is 16.3. The Bertz CT molecular complexity index is 702. The van der Waals surface area contributed by atoms with Crippen LogP contribution in [0.5, 0.6) is 5.75 Å². The molecule has 0 fully saturated rings. The first-order chi connectivity index (χ1) is 10.5. The molecule has 4 heteroatoms. The topological polar surface area (TPSA) is 57.2 Å². The molecule has 1 aromatic carbocycles.